The number of allylic oxidation sites excluding steroid dienone is 1. The van der Waals surface area contributed by atoms with Crippen molar-refractivity contribution in [2.24, 2.45) is 5.10 Å². The lowest BCUT2D eigenvalue weighted by Gasteiger charge is -2.21. The van der Waals surface area contributed by atoms with Gasteiger partial charge in [0.05, 0.1) is 21.6 Å². The fourth-order valence-corrected chi connectivity index (χ4v) is 4.36. The van der Waals surface area contributed by atoms with Gasteiger partial charge < -0.3 is 0 Å². The highest BCUT2D eigenvalue weighted by Crippen LogP contribution is 2.32. The minimum atomic E-state index is -0.662. The minimum absolute atomic E-state index is 0.0839. The molecule has 0 spiro atoms. The number of non-ortho nitro benzene ring substituents is 1. The molecule has 0 bridgehead atoms. The molecule has 0 aromatic heterocycles. The van der Waals surface area contributed by atoms with Gasteiger partial charge in [0.25, 0.3) is 5.69 Å². The van der Waals surface area contributed by atoms with E-state index in [0.29, 0.717) is 5.71 Å². The average Bonchev–Trinajstić information content (AvgIpc) is 2.88. The number of fused-ring (bicyclic) bond motifs is 2. The van der Waals surface area contributed by atoms with Crippen LogP contribution in [-0.4, -0.2) is 15.6 Å². The van der Waals surface area contributed by atoms with E-state index in [1.807, 2.05) is 42.5 Å². The molecule has 0 unspecified atom stereocenters. The topological polar surface area (TPSA) is 111 Å². The summed E-state index contributed by atoms with van der Waals surface area (Å²) in [5, 5.41) is 29.5. The molecule has 1 aliphatic rings. The minimum Gasteiger partial charge on any atom is -0.271 e. The first kappa shape index (κ1) is 22.0. The maximum Gasteiger partial charge on any atom is 0.301 e. The van der Waals surface area contributed by atoms with Crippen molar-refractivity contribution in [3.8, 4) is 0 Å². The van der Waals surface area contributed by atoms with Gasteiger partial charge in [0.2, 0.25) is 0 Å². The lowest BCUT2D eigenvalue weighted by Crippen LogP contribution is -2.17. The summed E-state index contributed by atoms with van der Waals surface area (Å²) in [6.45, 7) is 0. The van der Waals surface area contributed by atoms with Gasteiger partial charge in [-0.25, -0.2) is 0 Å². The molecule has 8 heteroatoms. The van der Waals surface area contributed by atoms with Crippen LogP contribution < -0.4 is 5.43 Å². The zero-order valence-electron chi connectivity index (χ0n) is 18.5. The van der Waals surface area contributed by atoms with E-state index in [1.54, 1.807) is 0 Å². The molecule has 172 valence electrons. The molecule has 0 aliphatic heterocycles. The van der Waals surface area contributed by atoms with E-state index in [9.17, 15) is 20.2 Å². The Balaban J connectivity index is 1.61. The number of hydrazone groups is 1. The molecule has 8 nitrogen and oxygen atoms in total. The van der Waals surface area contributed by atoms with Gasteiger partial charge in [0.15, 0.2) is 0 Å². The zero-order chi connectivity index (χ0) is 24.4. The van der Waals surface area contributed by atoms with Gasteiger partial charge in [-0.15, -0.1) is 0 Å². The number of rotatable bonds is 5. The van der Waals surface area contributed by atoms with Crippen molar-refractivity contribution in [3.05, 3.63) is 127 Å². The lowest BCUT2D eigenvalue weighted by atomic mass is 9.85. The van der Waals surface area contributed by atoms with Crippen molar-refractivity contribution < 1.29 is 9.85 Å². The van der Waals surface area contributed by atoms with Gasteiger partial charge in [0.1, 0.15) is 5.69 Å². The summed E-state index contributed by atoms with van der Waals surface area (Å²) in [5.74, 6) is 0. The normalized spacial score (nSPS) is 15.2. The van der Waals surface area contributed by atoms with E-state index in [1.165, 1.54) is 12.1 Å². The van der Waals surface area contributed by atoms with Gasteiger partial charge in [0, 0.05) is 11.6 Å². The smallest absolute Gasteiger partial charge is 0.271 e. The molecule has 0 amide bonds. The Morgan fingerprint density at radius 2 is 1.60 bits per heavy atom. The standard InChI is InChI=1S/C27H20N4O4/c32-30(33)22-14-15-25(26(17-22)31(34)35)28-29-27-21(13-12-19-7-2-4-11-24(19)27)16-20-9-5-8-18-6-1-3-10-23(18)20/h1-11,14-17,28H,12-13H2/b21-16+,29-27?. The number of hydrogen-bond acceptors (Lipinski definition) is 6. The van der Waals surface area contributed by atoms with Crippen molar-refractivity contribution in [2.75, 3.05) is 5.43 Å². The van der Waals surface area contributed by atoms with E-state index in [0.717, 1.165) is 51.9 Å². The molecule has 4 aromatic rings. The van der Waals surface area contributed by atoms with Gasteiger partial charge in [-0.3, -0.25) is 25.7 Å². The molecule has 0 atom stereocenters. The predicted molar refractivity (Wildman–Crippen MR) is 137 cm³/mol. The van der Waals surface area contributed by atoms with Crippen LogP contribution in [0.3, 0.4) is 0 Å². The number of nitrogens with one attached hydrogen (secondary N) is 1. The maximum absolute atomic E-state index is 11.6. The molecule has 4 aromatic carbocycles. The first-order valence-corrected chi connectivity index (χ1v) is 11.0. The van der Waals surface area contributed by atoms with E-state index in [-0.39, 0.29) is 11.4 Å². The van der Waals surface area contributed by atoms with Crippen LogP contribution in [0.5, 0.6) is 0 Å². The molecule has 0 saturated heterocycles. The second-order valence-corrected chi connectivity index (χ2v) is 8.18. The fourth-order valence-electron chi connectivity index (χ4n) is 4.36. The highest BCUT2D eigenvalue weighted by atomic mass is 16.6. The third-order valence-electron chi connectivity index (χ3n) is 6.07. The van der Waals surface area contributed by atoms with Crippen molar-refractivity contribution in [1.82, 2.24) is 0 Å². The molecule has 0 heterocycles. The first-order chi connectivity index (χ1) is 17.0. The van der Waals surface area contributed by atoms with Gasteiger partial charge in [-0.2, -0.15) is 5.10 Å². The second kappa shape index (κ2) is 9.18. The molecule has 1 N–H and O–H groups in total. The van der Waals surface area contributed by atoms with E-state index in [4.69, 9.17) is 0 Å². The third-order valence-corrected chi connectivity index (χ3v) is 6.07. The van der Waals surface area contributed by atoms with Crippen LogP contribution in [0, 0.1) is 20.2 Å². The predicted octanol–water partition coefficient (Wildman–Crippen LogP) is 6.50. The fraction of sp³-hybridized carbons (Fsp3) is 0.0741. The molecule has 1 aliphatic carbocycles. The summed E-state index contributed by atoms with van der Waals surface area (Å²) in [6, 6.07) is 25.7. The largest absolute Gasteiger partial charge is 0.301 e. The number of anilines is 1. The number of nitro groups is 2. The lowest BCUT2D eigenvalue weighted by molar-refractivity contribution is -0.393. The Bertz CT molecular complexity index is 1540. The van der Waals surface area contributed by atoms with E-state index >= 15 is 0 Å². The monoisotopic (exact) mass is 464 g/mol. The quantitative estimate of drug-likeness (QED) is 0.268. The Morgan fingerprint density at radius 3 is 2.43 bits per heavy atom. The van der Waals surface area contributed by atoms with Gasteiger partial charge >= 0.3 is 5.69 Å². The Kier molecular flexibility index (Phi) is 5.76. The molecule has 0 saturated carbocycles. The molecule has 35 heavy (non-hydrogen) atoms. The zero-order valence-corrected chi connectivity index (χ0v) is 18.5. The highest BCUT2D eigenvalue weighted by molar-refractivity contribution is 6.17. The van der Waals surface area contributed by atoms with Gasteiger partial charge in [-0.1, -0.05) is 66.7 Å². The van der Waals surface area contributed by atoms with E-state index < -0.39 is 15.5 Å². The van der Waals surface area contributed by atoms with Crippen LogP contribution in [0.25, 0.3) is 16.8 Å². The number of benzene rings is 4. The summed E-state index contributed by atoms with van der Waals surface area (Å²) < 4.78 is 0. The van der Waals surface area contributed by atoms with Crippen LogP contribution in [0.4, 0.5) is 17.1 Å². The average molecular weight is 464 g/mol. The summed E-state index contributed by atoms with van der Waals surface area (Å²) in [5.41, 5.74) is 6.96. The number of aryl methyl sites for hydroxylation is 1. The van der Waals surface area contributed by atoms with Crippen LogP contribution in [0.2, 0.25) is 0 Å². The maximum atomic E-state index is 11.6. The first-order valence-electron chi connectivity index (χ1n) is 11.0. The Hall–Kier alpha value is -4.85. The number of nitro benzene ring substituents is 2. The SMILES string of the molecule is O=[N+]([O-])c1ccc(NN=C2/C(=C/c3cccc4ccccc34)CCc3ccccc32)c([N+](=O)[O-])c1. The summed E-state index contributed by atoms with van der Waals surface area (Å²) in [4.78, 5) is 21.3. The van der Waals surface area contributed by atoms with Gasteiger partial charge in [-0.05, 0) is 52.5 Å². The second-order valence-electron chi connectivity index (χ2n) is 8.18. The number of nitrogens with zero attached hydrogens (tertiary/aromatic N) is 3. The highest BCUT2D eigenvalue weighted by Gasteiger charge is 2.22. The third kappa shape index (κ3) is 4.37. The van der Waals surface area contributed by atoms with Crippen LogP contribution in [0.15, 0.2) is 95.6 Å². The van der Waals surface area contributed by atoms with Crippen LogP contribution >= 0.6 is 0 Å². The summed E-state index contributed by atoms with van der Waals surface area (Å²) in [7, 11) is 0. The van der Waals surface area contributed by atoms with Crippen molar-refractivity contribution >= 4 is 39.6 Å². The summed E-state index contributed by atoms with van der Waals surface area (Å²) >= 11 is 0. The summed E-state index contributed by atoms with van der Waals surface area (Å²) in [6.07, 6.45) is 3.72. The van der Waals surface area contributed by atoms with Crippen LogP contribution in [-0.2, 0) is 6.42 Å². The molecule has 0 radical (unpaired) electrons. The van der Waals surface area contributed by atoms with E-state index in [2.05, 4.69) is 40.9 Å². The van der Waals surface area contributed by atoms with Crippen LogP contribution in [0.1, 0.15) is 23.1 Å². The Morgan fingerprint density at radius 1 is 0.829 bits per heavy atom. The Labute approximate surface area is 200 Å². The molecule has 0 fully saturated rings. The molecular formula is C27H20N4O4. The number of hydrogen-bond donors (Lipinski definition) is 1. The van der Waals surface area contributed by atoms with Crippen molar-refractivity contribution in [3.63, 3.8) is 0 Å². The van der Waals surface area contributed by atoms with Crippen molar-refractivity contribution in [2.45, 2.75) is 12.8 Å². The molecular weight excluding hydrogens is 444 g/mol. The van der Waals surface area contributed by atoms with Crippen molar-refractivity contribution in [1.29, 1.82) is 0 Å². The molecule has 5 rings (SSSR count).